The molecule has 0 aliphatic heterocycles. The smallest absolute Gasteiger partial charge is 0.105 e. The summed E-state index contributed by atoms with van der Waals surface area (Å²) in [5.74, 6) is 0. The van der Waals surface area contributed by atoms with Crippen LogP contribution in [0.25, 0.3) is 0 Å². The quantitative estimate of drug-likeness (QED) is 0.0711. The number of ether oxygens (including phenoxy) is 6. The molecule has 0 heterocycles. The first-order valence-corrected chi connectivity index (χ1v) is 15.3. The highest BCUT2D eigenvalue weighted by molar-refractivity contribution is 6.09. The maximum absolute atomic E-state index is 9.92. The molecule has 0 aliphatic rings. The van der Waals surface area contributed by atoms with Crippen LogP contribution in [0, 0.1) is 0 Å². The molecule has 3 atom stereocenters. The summed E-state index contributed by atoms with van der Waals surface area (Å²) in [5, 5.41) is 37.3. The van der Waals surface area contributed by atoms with Crippen LogP contribution in [0.4, 0.5) is 0 Å². The molecule has 0 spiro atoms. The average molecular weight is 581 g/mol. The summed E-state index contributed by atoms with van der Waals surface area (Å²) in [6, 6.07) is 0. The van der Waals surface area contributed by atoms with E-state index in [1.165, 1.54) is 0 Å². The Morgan fingerprint density at radius 1 is 0.550 bits per heavy atom. The average Bonchev–Trinajstić information content (AvgIpc) is 2.92. The number of aliphatic hydroxyl groups excluding tert-OH is 4. The van der Waals surface area contributed by atoms with Gasteiger partial charge < -0.3 is 48.8 Å². The number of aliphatic hydroxyl groups is 4. The molecule has 0 amide bonds. The molecule has 0 aliphatic carbocycles. The van der Waals surface area contributed by atoms with Crippen molar-refractivity contribution < 1.29 is 48.8 Å². The Morgan fingerprint density at radius 2 is 0.975 bits per heavy atom. The van der Waals surface area contributed by atoms with Crippen molar-refractivity contribution in [3.63, 3.8) is 0 Å². The first kappa shape index (κ1) is 39.7. The predicted molar refractivity (Wildman–Crippen MR) is 159 cm³/mol. The van der Waals surface area contributed by atoms with Gasteiger partial charge in [0.05, 0.1) is 37.6 Å². The van der Waals surface area contributed by atoms with E-state index < -0.39 is 12.2 Å². The fourth-order valence-electron chi connectivity index (χ4n) is 3.90. The zero-order valence-electron chi connectivity index (χ0n) is 25.9. The van der Waals surface area contributed by atoms with E-state index in [0.717, 1.165) is 51.3 Å². The maximum Gasteiger partial charge on any atom is 0.105 e. The summed E-state index contributed by atoms with van der Waals surface area (Å²) in [4.78, 5) is 0. The molecule has 40 heavy (non-hydrogen) atoms. The van der Waals surface area contributed by atoms with Gasteiger partial charge in [0.1, 0.15) is 20.1 Å². The van der Waals surface area contributed by atoms with Crippen molar-refractivity contribution in [2.45, 2.75) is 108 Å². The van der Waals surface area contributed by atoms with E-state index in [2.05, 4.69) is 28.6 Å². The summed E-state index contributed by atoms with van der Waals surface area (Å²) in [7, 11) is 2.14. The van der Waals surface area contributed by atoms with Crippen LogP contribution >= 0.6 is 0 Å². The van der Waals surface area contributed by atoms with Crippen molar-refractivity contribution >= 4 is 7.85 Å². The Labute approximate surface area is 244 Å². The molecule has 11 heteroatoms. The van der Waals surface area contributed by atoms with Crippen molar-refractivity contribution in [3.05, 3.63) is 0 Å². The second-order valence-corrected chi connectivity index (χ2v) is 11.3. The Kier molecular flexibility index (Phi) is 26.1. The fourth-order valence-corrected chi connectivity index (χ4v) is 3.90. The van der Waals surface area contributed by atoms with Gasteiger partial charge in [-0.15, -0.1) is 0 Å². The summed E-state index contributed by atoms with van der Waals surface area (Å²) in [5.41, 5.74) is -0.444. The van der Waals surface area contributed by atoms with Gasteiger partial charge in [-0.2, -0.15) is 0 Å². The van der Waals surface area contributed by atoms with Gasteiger partial charge in [0.2, 0.25) is 0 Å². The van der Waals surface area contributed by atoms with Crippen molar-refractivity contribution in [3.8, 4) is 0 Å². The van der Waals surface area contributed by atoms with Crippen LogP contribution in [-0.2, 0) is 28.4 Å². The largest absolute Gasteiger partial charge is 0.396 e. The van der Waals surface area contributed by atoms with Crippen molar-refractivity contribution in [2.75, 3.05) is 79.3 Å². The van der Waals surface area contributed by atoms with E-state index in [1.54, 1.807) is 0 Å². The van der Waals surface area contributed by atoms with E-state index in [0.29, 0.717) is 52.5 Å². The molecule has 0 bridgehead atoms. The van der Waals surface area contributed by atoms with Gasteiger partial charge in [-0.3, -0.25) is 0 Å². The molecule has 4 N–H and O–H groups in total. The molecule has 0 aromatic heterocycles. The Bertz CT molecular complexity index is 543. The first-order valence-electron chi connectivity index (χ1n) is 15.3. The second kappa shape index (κ2) is 26.3. The lowest BCUT2D eigenvalue weighted by Crippen LogP contribution is -2.31. The van der Waals surface area contributed by atoms with Crippen LogP contribution in [-0.4, -0.2) is 131 Å². The third-order valence-electron chi connectivity index (χ3n) is 6.68. The highest BCUT2D eigenvalue weighted by atomic mass is 16.5. The van der Waals surface area contributed by atoms with Gasteiger partial charge in [0, 0.05) is 52.9 Å². The molecule has 0 fully saturated rings. The van der Waals surface area contributed by atoms with Gasteiger partial charge in [0.25, 0.3) is 0 Å². The van der Waals surface area contributed by atoms with Crippen molar-refractivity contribution in [1.82, 2.24) is 0 Å². The SMILES string of the molecule is BCC(C)(CCCOCC(O)COCCCCO)OCCCC(C)(C)OCCCOCC(O)COCCCCO. The van der Waals surface area contributed by atoms with E-state index in [4.69, 9.17) is 38.6 Å². The molecule has 0 rings (SSSR count). The van der Waals surface area contributed by atoms with Gasteiger partial charge in [-0.05, 0) is 78.6 Å². The number of unbranched alkanes of at least 4 members (excludes halogenated alkanes) is 2. The van der Waals surface area contributed by atoms with Crippen LogP contribution in [0.5, 0.6) is 0 Å². The zero-order chi connectivity index (χ0) is 30.0. The van der Waals surface area contributed by atoms with Crippen molar-refractivity contribution in [1.29, 1.82) is 0 Å². The van der Waals surface area contributed by atoms with Crippen LogP contribution in [0.2, 0.25) is 6.32 Å². The standard InChI is InChI=1S/C29H61BO10/c1-28(2,39-20-10-18-38-24-27(34)22-36-16-7-5-14-32)11-8-19-40-29(3,25-30)12-9-17-37-23-26(33)21-35-15-6-4-13-31/h26-27,31-34H,4-25,30H2,1-3H3. The summed E-state index contributed by atoms with van der Waals surface area (Å²) < 4.78 is 34.2. The highest BCUT2D eigenvalue weighted by Gasteiger charge is 2.23. The number of hydrogen-bond donors (Lipinski definition) is 4. The third kappa shape index (κ3) is 25.4. The van der Waals surface area contributed by atoms with Crippen LogP contribution < -0.4 is 0 Å². The third-order valence-corrected chi connectivity index (χ3v) is 6.68. The van der Waals surface area contributed by atoms with Gasteiger partial charge >= 0.3 is 0 Å². The number of hydrogen-bond acceptors (Lipinski definition) is 10. The predicted octanol–water partition coefficient (Wildman–Crippen LogP) is 1.89. The van der Waals surface area contributed by atoms with E-state index in [1.807, 2.05) is 0 Å². The Morgan fingerprint density at radius 3 is 1.45 bits per heavy atom. The van der Waals surface area contributed by atoms with Crippen LogP contribution in [0.3, 0.4) is 0 Å². The summed E-state index contributed by atoms with van der Waals surface area (Å²) in [6.07, 6.45) is 6.96. The lowest BCUT2D eigenvalue weighted by Gasteiger charge is -2.30. The van der Waals surface area contributed by atoms with E-state index in [-0.39, 0.29) is 50.8 Å². The van der Waals surface area contributed by atoms with E-state index >= 15 is 0 Å². The Hall–Kier alpha value is -0.335. The molecule has 0 radical (unpaired) electrons. The minimum absolute atomic E-state index is 0.163. The normalized spacial score (nSPS) is 15.3. The van der Waals surface area contributed by atoms with Crippen molar-refractivity contribution in [2.24, 2.45) is 0 Å². The van der Waals surface area contributed by atoms with Crippen LogP contribution in [0.1, 0.15) is 78.6 Å². The minimum atomic E-state index is -0.640. The molecule has 0 saturated heterocycles. The molecular weight excluding hydrogens is 519 g/mol. The fraction of sp³-hybridized carbons (Fsp3) is 1.00. The molecule has 0 saturated carbocycles. The highest BCUT2D eigenvalue weighted by Crippen LogP contribution is 2.23. The molecular formula is C29H61BO10. The summed E-state index contributed by atoms with van der Waals surface area (Å²) >= 11 is 0. The van der Waals surface area contributed by atoms with E-state index in [9.17, 15) is 10.2 Å². The Balaban J connectivity index is 3.82. The first-order chi connectivity index (χ1) is 19.2. The number of rotatable bonds is 31. The topological polar surface area (TPSA) is 136 Å². The molecule has 0 aromatic rings. The molecule has 0 aromatic carbocycles. The lowest BCUT2D eigenvalue weighted by molar-refractivity contribution is -0.0609. The zero-order valence-corrected chi connectivity index (χ0v) is 25.9. The van der Waals surface area contributed by atoms with Gasteiger partial charge in [-0.25, -0.2) is 0 Å². The molecule has 240 valence electrons. The summed E-state index contributed by atoms with van der Waals surface area (Å²) in [6.45, 7) is 11.1. The van der Waals surface area contributed by atoms with Gasteiger partial charge in [-0.1, -0.05) is 6.32 Å². The van der Waals surface area contributed by atoms with Crippen LogP contribution in [0.15, 0.2) is 0 Å². The lowest BCUT2D eigenvalue weighted by atomic mass is 9.85. The minimum Gasteiger partial charge on any atom is -0.396 e. The van der Waals surface area contributed by atoms with Gasteiger partial charge in [0.15, 0.2) is 0 Å². The monoisotopic (exact) mass is 580 g/mol. The molecule has 3 unspecified atom stereocenters. The second-order valence-electron chi connectivity index (χ2n) is 11.3. The maximum atomic E-state index is 9.92. The molecule has 10 nitrogen and oxygen atoms in total.